The molecule has 0 spiro atoms. The highest BCUT2D eigenvalue weighted by Crippen LogP contribution is 2.34. The average molecular weight is 439 g/mol. The second-order valence-electron chi connectivity index (χ2n) is 6.49. The lowest BCUT2D eigenvalue weighted by Gasteiger charge is -2.16. The van der Waals surface area contributed by atoms with Gasteiger partial charge in [-0.2, -0.15) is 4.98 Å². The zero-order chi connectivity index (χ0) is 21.8. The third-order valence-electron chi connectivity index (χ3n) is 4.39. The quantitative estimate of drug-likeness (QED) is 0.435. The smallest absolute Gasteiger partial charge is 0.270 e. The second kappa shape index (κ2) is 8.97. The third kappa shape index (κ3) is 4.56. The van der Waals surface area contributed by atoms with E-state index in [1.54, 1.807) is 48.7 Å². The molecule has 0 saturated carbocycles. The summed E-state index contributed by atoms with van der Waals surface area (Å²) in [4.78, 5) is 17.7. The number of benzene rings is 2. The van der Waals surface area contributed by atoms with Crippen molar-refractivity contribution in [1.29, 1.82) is 0 Å². The van der Waals surface area contributed by atoms with Crippen LogP contribution in [0, 0.1) is 5.82 Å². The number of thiophene rings is 1. The summed E-state index contributed by atoms with van der Waals surface area (Å²) in [6, 6.07) is 14.6. The number of nitrogens with one attached hydrogen (secondary N) is 1. The average Bonchev–Trinajstić information content (AvgIpc) is 3.44. The van der Waals surface area contributed by atoms with Crippen molar-refractivity contribution in [2.24, 2.45) is 0 Å². The molecular formula is C22H18FN3O4S. The van der Waals surface area contributed by atoms with Crippen molar-refractivity contribution < 1.29 is 23.2 Å². The standard InChI is InChI=1S/C22H18FN3O4S/c1-13(29-18-6-4-3-5-17(18)28-2)21(27)24-16-11-12-31-19(16)22-25-20(26-30-22)14-7-9-15(23)10-8-14/h3-13H,1-2H3,(H,24,27)/t13-/m0/s1. The molecule has 31 heavy (non-hydrogen) atoms. The topological polar surface area (TPSA) is 86.5 Å². The predicted molar refractivity (Wildman–Crippen MR) is 115 cm³/mol. The van der Waals surface area contributed by atoms with Crippen LogP contribution in [-0.4, -0.2) is 29.3 Å². The van der Waals surface area contributed by atoms with Crippen molar-refractivity contribution in [3.05, 3.63) is 65.8 Å². The van der Waals surface area contributed by atoms with Crippen LogP contribution in [0.15, 0.2) is 64.5 Å². The molecule has 4 aromatic rings. The Labute approximate surface area is 181 Å². The van der Waals surface area contributed by atoms with Gasteiger partial charge in [0.05, 0.1) is 12.8 Å². The third-order valence-corrected chi connectivity index (χ3v) is 5.29. The number of nitrogens with zero attached hydrogens (tertiary/aromatic N) is 2. The lowest BCUT2D eigenvalue weighted by Crippen LogP contribution is -2.30. The molecule has 0 aliphatic heterocycles. The maximum atomic E-state index is 13.1. The van der Waals surface area contributed by atoms with Crippen LogP contribution in [-0.2, 0) is 4.79 Å². The van der Waals surface area contributed by atoms with Crippen molar-refractivity contribution >= 4 is 22.9 Å². The van der Waals surface area contributed by atoms with Crippen LogP contribution in [0.2, 0.25) is 0 Å². The van der Waals surface area contributed by atoms with Gasteiger partial charge in [-0.3, -0.25) is 4.79 Å². The molecule has 0 bridgehead atoms. The first-order valence-corrected chi connectivity index (χ1v) is 10.2. The Balaban J connectivity index is 1.48. The number of carbonyl (C=O) groups is 1. The van der Waals surface area contributed by atoms with Crippen LogP contribution >= 0.6 is 11.3 Å². The van der Waals surface area contributed by atoms with Gasteiger partial charge in [-0.1, -0.05) is 17.3 Å². The number of amides is 1. The van der Waals surface area contributed by atoms with Crippen molar-refractivity contribution in [3.8, 4) is 33.7 Å². The normalized spacial score (nSPS) is 11.7. The van der Waals surface area contributed by atoms with E-state index >= 15 is 0 Å². The molecule has 0 aliphatic rings. The highest BCUT2D eigenvalue weighted by atomic mass is 32.1. The fraction of sp³-hybridized carbons (Fsp3) is 0.136. The van der Waals surface area contributed by atoms with E-state index < -0.39 is 6.10 Å². The van der Waals surface area contributed by atoms with Gasteiger partial charge < -0.3 is 19.3 Å². The molecule has 1 amide bonds. The molecule has 7 nitrogen and oxygen atoms in total. The van der Waals surface area contributed by atoms with Gasteiger partial charge in [-0.05, 0) is 54.8 Å². The lowest BCUT2D eigenvalue weighted by molar-refractivity contribution is -0.122. The Morgan fingerprint density at radius 1 is 1.13 bits per heavy atom. The number of anilines is 1. The Hall–Kier alpha value is -3.72. The summed E-state index contributed by atoms with van der Waals surface area (Å²) >= 11 is 1.35. The molecular weight excluding hydrogens is 421 g/mol. The molecule has 0 radical (unpaired) electrons. The van der Waals surface area contributed by atoms with E-state index in [4.69, 9.17) is 14.0 Å². The Bertz CT molecular complexity index is 1190. The number of methoxy groups -OCH3 is 1. The van der Waals surface area contributed by atoms with Gasteiger partial charge in [0.15, 0.2) is 17.6 Å². The van der Waals surface area contributed by atoms with E-state index in [1.807, 2.05) is 6.07 Å². The number of aromatic nitrogens is 2. The molecule has 0 unspecified atom stereocenters. The molecule has 0 saturated heterocycles. The van der Waals surface area contributed by atoms with E-state index in [1.165, 1.54) is 30.6 Å². The number of hydrogen-bond acceptors (Lipinski definition) is 7. The first-order valence-electron chi connectivity index (χ1n) is 9.33. The van der Waals surface area contributed by atoms with Gasteiger partial charge in [0, 0.05) is 5.56 Å². The van der Waals surface area contributed by atoms with Crippen LogP contribution in [0.25, 0.3) is 22.2 Å². The van der Waals surface area contributed by atoms with Crippen LogP contribution in [0.3, 0.4) is 0 Å². The van der Waals surface area contributed by atoms with Gasteiger partial charge in [0.1, 0.15) is 10.7 Å². The summed E-state index contributed by atoms with van der Waals surface area (Å²) in [5, 5.41) is 8.58. The van der Waals surface area contributed by atoms with E-state index in [0.717, 1.165) is 0 Å². The van der Waals surface area contributed by atoms with Gasteiger partial charge in [-0.15, -0.1) is 11.3 Å². The number of rotatable bonds is 7. The maximum absolute atomic E-state index is 13.1. The van der Waals surface area contributed by atoms with Gasteiger partial charge in [0.2, 0.25) is 5.82 Å². The van der Waals surface area contributed by atoms with Crippen LogP contribution in [0.1, 0.15) is 6.92 Å². The van der Waals surface area contributed by atoms with Crippen molar-refractivity contribution in [2.45, 2.75) is 13.0 Å². The van der Waals surface area contributed by atoms with Crippen LogP contribution in [0.5, 0.6) is 11.5 Å². The Kier molecular flexibility index (Phi) is 5.94. The van der Waals surface area contributed by atoms with Crippen LogP contribution in [0.4, 0.5) is 10.1 Å². The van der Waals surface area contributed by atoms with E-state index in [0.29, 0.717) is 33.5 Å². The van der Waals surface area contributed by atoms with E-state index in [2.05, 4.69) is 15.5 Å². The molecule has 2 aromatic heterocycles. The van der Waals surface area contributed by atoms with Crippen molar-refractivity contribution in [3.63, 3.8) is 0 Å². The highest BCUT2D eigenvalue weighted by Gasteiger charge is 2.21. The van der Waals surface area contributed by atoms with Crippen molar-refractivity contribution in [1.82, 2.24) is 10.1 Å². The minimum absolute atomic E-state index is 0.253. The van der Waals surface area contributed by atoms with E-state index in [9.17, 15) is 9.18 Å². The lowest BCUT2D eigenvalue weighted by atomic mass is 10.2. The minimum atomic E-state index is -0.776. The summed E-state index contributed by atoms with van der Waals surface area (Å²) in [7, 11) is 1.54. The monoisotopic (exact) mass is 439 g/mol. The van der Waals surface area contributed by atoms with E-state index in [-0.39, 0.29) is 17.6 Å². The van der Waals surface area contributed by atoms with Crippen LogP contribution < -0.4 is 14.8 Å². The first-order chi connectivity index (χ1) is 15.0. The highest BCUT2D eigenvalue weighted by molar-refractivity contribution is 7.14. The molecule has 1 N–H and O–H groups in total. The molecule has 9 heteroatoms. The molecule has 1 atom stereocenters. The number of para-hydroxylation sites is 2. The number of ether oxygens (including phenoxy) is 2. The molecule has 0 aliphatic carbocycles. The molecule has 4 rings (SSSR count). The molecule has 2 heterocycles. The number of halogens is 1. The van der Waals surface area contributed by atoms with Crippen molar-refractivity contribution in [2.75, 3.05) is 12.4 Å². The predicted octanol–water partition coefficient (Wildman–Crippen LogP) is 5.02. The Morgan fingerprint density at radius 2 is 1.87 bits per heavy atom. The summed E-state index contributed by atoms with van der Waals surface area (Å²) in [6.07, 6.45) is -0.776. The summed E-state index contributed by atoms with van der Waals surface area (Å²) in [5.74, 6) is 0.900. The van der Waals surface area contributed by atoms with Gasteiger partial charge >= 0.3 is 0 Å². The summed E-state index contributed by atoms with van der Waals surface area (Å²) in [6.45, 7) is 1.65. The summed E-state index contributed by atoms with van der Waals surface area (Å²) < 4.78 is 29.5. The van der Waals surface area contributed by atoms with Gasteiger partial charge in [-0.25, -0.2) is 4.39 Å². The Morgan fingerprint density at radius 3 is 2.61 bits per heavy atom. The summed E-state index contributed by atoms with van der Waals surface area (Å²) in [5.41, 5.74) is 1.15. The largest absolute Gasteiger partial charge is 0.493 e. The second-order valence-corrected chi connectivity index (χ2v) is 7.41. The zero-order valence-corrected chi connectivity index (χ0v) is 17.5. The minimum Gasteiger partial charge on any atom is -0.493 e. The fourth-order valence-corrected chi connectivity index (χ4v) is 3.57. The SMILES string of the molecule is COc1ccccc1O[C@@H](C)C(=O)Nc1ccsc1-c1nc(-c2ccc(F)cc2)no1. The molecule has 158 valence electrons. The first kappa shape index (κ1) is 20.5. The number of carbonyl (C=O) groups excluding carboxylic acids is 1. The zero-order valence-electron chi connectivity index (χ0n) is 16.7. The maximum Gasteiger partial charge on any atom is 0.270 e. The number of hydrogen-bond donors (Lipinski definition) is 1. The molecule has 2 aromatic carbocycles. The fourth-order valence-electron chi connectivity index (χ4n) is 2.80. The molecule has 0 fully saturated rings. The van der Waals surface area contributed by atoms with Gasteiger partial charge in [0.25, 0.3) is 11.8 Å².